The fraction of sp³-hybridized carbons (Fsp3) is 0.559. The number of hydrogen-bond donors (Lipinski definition) is 2. The third-order valence-electron chi connectivity index (χ3n) is 9.15. The minimum absolute atomic E-state index is 0.0220. The van der Waals surface area contributed by atoms with E-state index >= 15 is 0 Å². The van der Waals surface area contributed by atoms with Crippen molar-refractivity contribution in [1.29, 1.82) is 5.26 Å². The summed E-state index contributed by atoms with van der Waals surface area (Å²) in [5, 5.41) is 15.2. The van der Waals surface area contributed by atoms with Crippen LogP contribution in [0, 0.1) is 29.1 Å². The maximum absolute atomic E-state index is 13.2. The summed E-state index contributed by atoms with van der Waals surface area (Å²) >= 11 is 0. The number of nitrogens with zero attached hydrogens (tertiary/aromatic N) is 5. The maximum atomic E-state index is 13.2. The van der Waals surface area contributed by atoms with E-state index < -0.39 is 0 Å². The quantitative estimate of drug-likeness (QED) is 0.313. The minimum atomic E-state index is -0.304. The van der Waals surface area contributed by atoms with Crippen molar-refractivity contribution in [1.82, 2.24) is 24.8 Å². The average Bonchev–Trinajstić information content (AvgIpc) is 3.38. The van der Waals surface area contributed by atoms with E-state index in [2.05, 4.69) is 45.0 Å². The van der Waals surface area contributed by atoms with Gasteiger partial charge in [-0.3, -0.25) is 19.8 Å². The topological polar surface area (TPSA) is 125 Å². The number of fused-ring (bicyclic) bond motifs is 1. The Balaban J connectivity index is 1.33. The van der Waals surface area contributed by atoms with Crippen LogP contribution in [0.2, 0.25) is 0 Å². The van der Waals surface area contributed by atoms with Crippen molar-refractivity contribution in [2.24, 2.45) is 17.8 Å². The Hall–Kier alpha value is -3.97. The highest BCUT2D eigenvalue weighted by Crippen LogP contribution is 2.37. The lowest BCUT2D eigenvalue weighted by Crippen LogP contribution is -2.37. The normalized spacial score (nSPS) is 19.7. The van der Waals surface area contributed by atoms with Crippen molar-refractivity contribution in [2.75, 3.05) is 31.6 Å². The first-order valence-corrected chi connectivity index (χ1v) is 16.1. The Morgan fingerprint density at radius 2 is 1.75 bits per heavy atom. The predicted molar refractivity (Wildman–Crippen MR) is 170 cm³/mol. The molecule has 1 aromatic carbocycles. The van der Waals surface area contributed by atoms with Crippen molar-refractivity contribution in [3.05, 3.63) is 47.7 Å². The first-order chi connectivity index (χ1) is 21.2. The number of aromatic nitrogens is 3. The predicted octanol–water partition coefficient (Wildman–Crippen LogP) is 5.56. The van der Waals surface area contributed by atoms with Crippen LogP contribution in [0.5, 0.6) is 5.88 Å². The summed E-state index contributed by atoms with van der Waals surface area (Å²) in [6.45, 7) is 12.2. The van der Waals surface area contributed by atoms with E-state index in [1.807, 2.05) is 19.9 Å². The number of carbonyl (C=O) groups excluding carboxylic acids is 2. The van der Waals surface area contributed by atoms with E-state index in [1.165, 1.54) is 12.8 Å². The Bertz CT molecular complexity index is 1480. The van der Waals surface area contributed by atoms with Crippen LogP contribution in [0.4, 0.5) is 5.95 Å². The molecule has 234 valence electrons. The second kappa shape index (κ2) is 14.2. The number of pyridine rings is 1. The number of anilines is 1. The highest BCUT2D eigenvalue weighted by atomic mass is 16.5. The van der Waals surface area contributed by atoms with Gasteiger partial charge in [0.05, 0.1) is 23.3 Å². The molecule has 2 aromatic heterocycles. The van der Waals surface area contributed by atoms with Crippen LogP contribution in [-0.2, 0) is 4.79 Å². The van der Waals surface area contributed by atoms with Crippen LogP contribution < -0.4 is 15.4 Å². The number of amides is 2. The molecule has 0 unspecified atom stereocenters. The summed E-state index contributed by atoms with van der Waals surface area (Å²) < 4.78 is 8.22. The van der Waals surface area contributed by atoms with Crippen molar-refractivity contribution < 1.29 is 14.3 Å². The van der Waals surface area contributed by atoms with Crippen molar-refractivity contribution in [3.8, 4) is 11.9 Å². The van der Waals surface area contributed by atoms with Gasteiger partial charge in [0.15, 0.2) is 0 Å². The Kier molecular flexibility index (Phi) is 10.2. The first kappa shape index (κ1) is 31.5. The molecule has 1 aliphatic carbocycles. The van der Waals surface area contributed by atoms with Gasteiger partial charge in [0, 0.05) is 36.2 Å². The molecule has 2 fully saturated rings. The van der Waals surface area contributed by atoms with Crippen molar-refractivity contribution in [3.63, 3.8) is 0 Å². The van der Waals surface area contributed by atoms with E-state index in [9.17, 15) is 9.59 Å². The van der Waals surface area contributed by atoms with Gasteiger partial charge in [-0.2, -0.15) is 5.26 Å². The highest BCUT2D eigenvalue weighted by Gasteiger charge is 2.30. The fourth-order valence-electron chi connectivity index (χ4n) is 6.51. The molecule has 1 saturated heterocycles. The molecule has 0 atom stereocenters. The van der Waals surface area contributed by atoms with E-state index in [-0.39, 0.29) is 29.8 Å². The lowest BCUT2D eigenvalue weighted by atomic mass is 9.85. The van der Waals surface area contributed by atoms with E-state index in [1.54, 1.807) is 30.5 Å². The third-order valence-corrected chi connectivity index (χ3v) is 9.15. The van der Waals surface area contributed by atoms with Gasteiger partial charge in [-0.1, -0.05) is 13.8 Å². The summed E-state index contributed by atoms with van der Waals surface area (Å²) in [7, 11) is 0. The Labute approximate surface area is 260 Å². The molecule has 0 radical (unpaired) electrons. The smallest absolute Gasteiger partial charge is 0.257 e. The lowest BCUT2D eigenvalue weighted by Gasteiger charge is -2.33. The van der Waals surface area contributed by atoms with Gasteiger partial charge < -0.3 is 14.6 Å². The van der Waals surface area contributed by atoms with Crippen LogP contribution in [0.1, 0.15) is 88.2 Å². The number of rotatable bonds is 10. The number of benzene rings is 1. The molecule has 10 nitrogen and oxygen atoms in total. The van der Waals surface area contributed by atoms with E-state index in [0.717, 1.165) is 62.7 Å². The first-order valence-electron chi connectivity index (χ1n) is 16.1. The number of piperidine rings is 1. The number of ether oxygens (including phenoxy) is 1. The standard InChI is InChI=1S/C34H45N7O3/c1-22(2)25-13-15-40(16-14-25)17-18-44-31-19-30-29(21-36-31)38-34(39-33(43)26-7-5-24(20-35)6-8-26)41(30)28-11-9-27(10-12-28)32(42)37-23(3)4/h5-8,19,21-23,25,27-28H,9-18H2,1-4H3,(H,37,42)(H,38,39,43). The van der Waals surface area contributed by atoms with Crippen LogP contribution in [0.25, 0.3) is 11.0 Å². The van der Waals surface area contributed by atoms with E-state index in [4.69, 9.17) is 15.0 Å². The molecule has 44 heavy (non-hydrogen) atoms. The SMILES string of the molecule is CC(C)NC(=O)C1CCC(n2c(NC(=O)c3ccc(C#N)cc3)nc3cnc(OCCN4CCC(C(C)C)CC4)cc32)CC1. The zero-order valence-corrected chi connectivity index (χ0v) is 26.4. The van der Waals surface area contributed by atoms with Crippen LogP contribution >= 0.6 is 0 Å². The van der Waals surface area contributed by atoms with Gasteiger partial charge in [-0.15, -0.1) is 0 Å². The molecular formula is C34H45N7O3. The molecular weight excluding hydrogens is 554 g/mol. The number of carbonyl (C=O) groups is 2. The third kappa shape index (κ3) is 7.56. The van der Waals surface area contributed by atoms with Crippen molar-refractivity contribution in [2.45, 2.75) is 78.3 Å². The maximum Gasteiger partial charge on any atom is 0.257 e. The summed E-state index contributed by atoms with van der Waals surface area (Å²) in [4.78, 5) is 37.7. The molecule has 3 heterocycles. The van der Waals surface area contributed by atoms with Crippen LogP contribution in [-0.4, -0.2) is 63.5 Å². The zero-order chi connectivity index (χ0) is 31.2. The van der Waals surface area contributed by atoms with Gasteiger partial charge in [-0.05, 0) is 102 Å². The second-order valence-corrected chi connectivity index (χ2v) is 12.9. The molecule has 3 aromatic rings. The van der Waals surface area contributed by atoms with Crippen LogP contribution in [0.15, 0.2) is 36.5 Å². The molecule has 1 saturated carbocycles. The number of imidazole rings is 1. The molecule has 5 rings (SSSR count). The summed E-state index contributed by atoms with van der Waals surface area (Å²) in [5.74, 6) is 2.30. The van der Waals surface area contributed by atoms with Crippen LogP contribution in [0.3, 0.4) is 0 Å². The molecule has 0 bridgehead atoms. The summed E-state index contributed by atoms with van der Waals surface area (Å²) in [6, 6.07) is 10.7. The second-order valence-electron chi connectivity index (χ2n) is 12.9. The minimum Gasteiger partial charge on any atom is -0.476 e. The average molecular weight is 600 g/mol. The molecule has 0 spiro atoms. The fourth-order valence-corrected chi connectivity index (χ4v) is 6.51. The summed E-state index contributed by atoms with van der Waals surface area (Å²) in [6.07, 6.45) is 7.26. The number of nitriles is 1. The largest absolute Gasteiger partial charge is 0.476 e. The summed E-state index contributed by atoms with van der Waals surface area (Å²) in [5.41, 5.74) is 2.45. The Morgan fingerprint density at radius 3 is 2.39 bits per heavy atom. The number of likely N-dealkylation sites (tertiary alicyclic amines) is 1. The molecule has 2 N–H and O–H groups in total. The number of hydrogen-bond acceptors (Lipinski definition) is 7. The highest BCUT2D eigenvalue weighted by molar-refractivity contribution is 6.04. The van der Waals surface area contributed by atoms with Gasteiger partial charge in [0.2, 0.25) is 17.7 Å². The molecule has 1 aliphatic heterocycles. The zero-order valence-electron chi connectivity index (χ0n) is 26.4. The van der Waals surface area contributed by atoms with Gasteiger partial charge >= 0.3 is 0 Å². The van der Waals surface area contributed by atoms with Gasteiger partial charge in [0.1, 0.15) is 12.1 Å². The van der Waals surface area contributed by atoms with Gasteiger partial charge in [-0.25, -0.2) is 9.97 Å². The Morgan fingerprint density at radius 1 is 1.05 bits per heavy atom. The van der Waals surface area contributed by atoms with Gasteiger partial charge in [0.25, 0.3) is 5.91 Å². The van der Waals surface area contributed by atoms with E-state index in [0.29, 0.717) is 35.1 Å². The lowest BCUT2D eigenvalue weighted by molar-refractivity contribution is -0.126. The van der Waals surface area contributed by atoms with Crippen molar-refractivity contribution >= 4 is 28.8 Å². The molecule has 10 heteroatoms. The molecule has 2 aliphatic rings. The number of nitrogens with one attached hydrogen (secondary N) is 2. The molecule has 2 amide bonds. The monoisotopic (exact) mass is 599 g/mol.